The van der Waals surface area contributed by atoms with Gasteiger partial charge >= 0.3 is 5.97 Å². The van der Waals surface area contributed by atoms with Crippen molar-refractivity contribution in [2.75, 3.05) is 0 Å². The van der Waals surface area contributed by atoms with E-state index in [0.29, 0.717) is 0 Å². The van der Waals surface area contributed by atoms with Gasteiger partial charge < -0.3 is 24.1 Å². The summed E-state index contributed by atoms with van der Waals surface area (Å²) in [5.74, 6) is -1.84. The Bertz CT molecular complexity index is 753. The minimum absolute atomic E-state index is 0.605. The molecule has 3 aliphatic rings. The van der Waals surface area contributed by atoms with Gasteiger partial charge in [0.25, 0.3) is 0 Å². The Morgan fingerprint density at radius 1 is 0.800 bits per heavy atom. The maximum Gasteiger partial charge on any atom is 0.338 e. The second-order valence-corrected chi connectivity index (χ2v) is 6.36. The minimum atomic E-state index is -1.30. The van der Waals surface area contributed by atoms with Gasteiger partial charge in [-0.1, -0.05) is 60.7 Å². The van der Waals surface area contributed by atoms with Crippen molar-refractivity contribution in [3.05, 3.63) is 71.8 Å². The molecule has 0 spiro atoms. The van der Waals surface area contributed by atoms with Crippen molar-refractivity contribution in [2.24, 2.45) is 0 Å². The van der Waals surface area contributed by atoms with Crippen molar-refractivity contribution in [3.8, 4) is 0 Å². The average molecular weight is 340 g/mol. The molecule has 0 bridgehead atoms. The number of fused-ring (bicyclic) bond motifs is 3. The predicted octanol–water partition coefficient (Wildman–Crippen LogP) is 1.31. The quantitative estimate of drug-likeness (QED) is 0.831. The second kappa shape index (κ2) is 5.37. The van der Waals surface area contributed by atoms with Gasteiger partial charge in [0, 0.05) is 11.1 Å². The van der Waals surface area contributed by atoms with Crippen LogP contribution in [-0.4, -0.2) is 41.8 Å². The van der Waals surface area contributed by atoms with Gasteiger partial charge in [-0.05, 0) is 0 Å². The van der Waals surface area contributed by atoms with E-state index in [2.05, 4.69) is 0 Å². The van der Waals surface area contributed by atoms with E-state index in [-0.39, 0.29) is 0 Å². The molecule has 1 unspecified atom stereocenters. The summed E-state index contributed by atoms with van der Waals surface area (Å²) in [7, 11) is 0. The zero-order valence-electron chi connectivity index (χ0n) is 13.1. The van der Waals surface area contributed by atoms with Crippen LogP contribution in [0.25, 0.3) is 0 Å². The number of aliphatic hydroxyl groups is 1. The molecule has 0 aromatic heterocycles. The largest absolute Gasteiger partial charge is 0.454 e. The lowest BCUT2D eigenvalue weighted by Crippen LogP contribution is -2.37. The standard InChI is InChI=1S/C19H16O6/c20-13-14-15(22-17(13)21)16-18(23-14)25-19(24-16,11-7-3-1-4-8-11)12-9-5-2-6-10-12/h1-10,13-16,18,20H/t13-,14-,15+,16+,18?/m1/s1. The van der Waals surface area contributed by atoms with Crippen LogP contribution in [0, 0.1) is 0 Å². The summed E-state index contributed by atoms with van der Waals surface area (Å²) >= 11 is 0. The van der Waals surface area contributed by atoms with Crippen molar-refractivity contribution in [2.45, 2.75) is 36.5 Å². The first-order valence-electron chi connectivity index (χ1n) is 8.20. The summed E-state index contributed by atoms with van der Waals surface area (Å²) < 4.78 is 23.5. The maximum absolute atomic E-state index is 11.6. The SMILES string of the molecule is O=C1O[C@H]2[C@H](OC3OC(c4ccccc4)(c4ccccc4)O[C@H]32)[C@H]1O. The lowest BCUT2D eigenvalue weighted by atomic mass is 9.97. The highest BCUT2D eigenvalue weighted by Crippen LogP contribution is 2.49. The van der Waals surface area contributed by atoms with Gasteiger partial charge in [-0.15, -0.1) is 0 Å². The normalized spacial score (nSPS) is 35.2. The first-order chi connectivity index (χ1) is 12.2. The van der Waals surface area contributed by atoms with Gasteiger partial charge in [-0.3, -0.25) is 0 Å². The molecule has 0 radical (unpaired) electrons. The molecule has 0 saturated carbocycles. The highest BCUT2D eigenvalue weighted by molar-refractivity contribution is 5.78. The molecule has 0 aliphatic carbocycles. The zero-order chi connectivity index (χ0) is 17.0. The number of carbonyl (C=O) groups is 1. The molecule has 3 saturated heterocycles. The molecule has 5 atom stereocenters. The number of esters is 1. The topological polar surface area (TPSA) is 74.2 Å². The van der Waals surface area contributed by atoms with Crippen molar-refractivity contribution >= 4 is 5.97 Å². The lowest BCUT2D eigenvalue weighted by molar-refractivity contribution is -0.218. The van der Waals surface area contributed by atoms with Crippen LogP contribution in [0.2, 0.25) is 0 Å². The van der Waals surface area contributed by atoms with E-state index in [1.807, 2.05) is 60.7 Å². The van der Waals surface area contributed by atoms with E-state index in [4.69, 9.17) is 18.9 Å². The number of carbonyl (C=O) groups excluding carboxylic acids is 1. The average Bonchev–Trinajstić information content (AvgIpc) is 3.27. The molecule has 3 fully saturated rings. The van der Waals surface area contributed by atoms with Crippen LogP contribution in [-0.2, 0) is 29.5 Å². The Balaban J connectivity index is 1.56. The molecule has 6 heteroatoms. The third kappa shape index (κ3) is 2.09. The highest BCUT2D eigenvalue weighted by atomic mass is 16.8. The first-order valence-corrected chi connectivity index (χ1v) is 8.20. The Kier molecular flexibility index (Phi) is 3.23. The number of hydrogen-bond acceptors (Lipinski definition) is 6. The fourth-order valence-corrected chi connectivity index (χ4v) is 3.73. The van der Waals surface area contributed by atoms with Gasteiger partial charge in [0.2, 0.25) is 5.79 Å². The molecule has 0 amide bonds. The summed E-state index contributed by atoms with van der Waals surface area (Å²) in [6.45, 7) is 0. The molecule has 1 N–H and O–H groups in total. The van der Waals surface area contributed by atoms with Gasteiger partial charge in [-0.25, -0.2) is 4.79 Å². The van der Waals surface area contributed by atoms with Crippen molar-refractivity contribution < 1.29 is 28.8 Å². The van der Waals surface area contributed by atoms with Gasteiger partial charge in [0.1, 0.15) is 6.10 Å². The molecular weight excluding hydrogens is 324 g/mol. The lowest BCUT2D eigenvalue weighted by Gasteiger charge is -2.30. The Labute approximate surface area is 143 Å². The first kappa shape index (κ1) is 15.0. The van der Waals surface area contributed by atoms with Crippen LogP contribution in [0.5, 0.6) is 0 Å². The molecule has 2 aromatic rings. The third-order valence-corrected chi connectivity index (χ3v) is 4.90. The van der Waals surface area contributed by atoms with E-state index < -0.39 is 42.5 Å². The van der Waals surface area contributed by atoms with Crippen molar-refractivity contribution in [1.29, 1.82) is 0 Å². The van der Waals surface area contributed by atoms with Crippen LogP contribution in [0.4, 0.5) is 0 Å². The van der Waals surface area contributed by atoms with Gasteiger partial charge in [0.15, 0.2) is 24.6 Å². The molecule has 6 nitrogen and oxygen atoms in total. The molecule has 25 heavy (non-hydrogen) atoms. The Morgan fingerprint density at radius 3 is 2.00 bits per heavy atom. The summed E-state index contributed by atoms with van der Waals surface area (Å²) in [5.41, 5.74) is 1.64. The molecule has 5 rings (SSSR count). The fraction of sp³-hybridized carbons (Fsp3) is 0.316. The third-order valence-electron chi connectivity index (χ3n) is 4.90. The summed E-state index contributed by atoms with van der Waals surface area (Å²) in [6.07, 6.45) is -4.07. The summed E-state index contributed by atoms with van der Waals surface area (Å²) in [5, 5.41) is 9.88. The van der Waals surface area contributed by atoms with E-state index in [9.17, 15) is 9.90 Å². The Hall–Kier alpha value is -2.25. The van der Waals surface area contributed by atoms with Crippen LogP contribution in [0.15, 0.2) is 60.7 Å². The van der Waals surface area contributed by atoms with E-state index in [0.717, 1.165) is 11.1 Å². The van der Waals surface area contributed by atoms with Gasteiger partial charge in [-0.2, -0.15) is 0 Å². The fourth-order valence-electron chi connectivity index (χ4n) is 3.73. The number of benzene rings is 2. The number of aliphatic hydroxyl groups excluding tert-OH is 1. The van der Waals surface area contributed by atoms with Gasteiger partial charge in [0.05, 0.1) is 0 Å². The number of rotatable bonds is 2. The van der Waals surface area contributed by atoms with Crippen LogP contribution < -0.4 is 0 Å². The Morgan fingerprint density at radius 2 is 1.40 bits per heavy atom. The monoisotopic (exact) mass is 340 g/mol. The minimum Gasteiger partial charge on any atom is -0.454 e. The van der Waals surface area contributed by atoms with E-state index in [1.54, 1.807) is 0 Å². The van der Waals surface area contributed by atoms with Crippen molar-refractivity contribution in [1.82, 2.24) is 0 Å². The molecule has 2 aromatic carbocycles. The molecule has 128 valence electrons. The van der Waals surface area contributed by atoms with Crippen LogP contribution in [0.3, 0.4) is 0 Å². The molecular formula is C19H16O6. The maximum atomic E-state index is 11.6. The van der Waals surface area contributed by atoms with Crippen LogP contribution in [0.1, 0.15) is 11.1 Å². The van der Waals surface area contributed by atoms with Crippen LogP contribution >= 0.6 is 0 Å². The number of hydrogen-bond donors (Lipinski definition) is 1. The molecule has 3 aliphatic heterocycles. The second-order valence-electron chi connectivity index (χ2n) is 6.36. The predicted molar refractivity (Wildman–Crippen MR) is 84.2 cm³/mol. The molecule has 3 heterocycles. The summed E-state index contributed by atoms with van der Waals surface area (Å²) in [4.78, 5) is 11.6. The zero-order valence-corrected chi connectivity index (χ0v) is 13.1. The van der Waals surface area contributed by atoms with Crippen molar-refractivity contribution in [3.63, 3.8) is 0 Å². The number of ether oxygens (including phenoxy) is 4. The summed E-state index contributed by atoms with van der Waals surface area (Å²) in [6, 6.07) is 19.1. The smallest absolute Gasteiger partial charge is 0.338 e. The van der Waals surface area contributed by atoms with E-state index >= 15 is 0 Å². The van der Waals surface area contributed by atoms with E-state index in [1.165, 1.54) is 0 Å². The highest BCUT2D eigenvalue weighted by Gasteiger charge is 2.65.